The molecule has 0 bridgehead atoms. The maximum atomic E-state index is 13.1. The summed E-state index contributed by atoms with van der Waals surface area (Å²) in [5, 5.41) is 14.4. The Bertz CT molecular complexity index is 1030. The van der Waals surface area contributed by atoms with E-state index in [1.54, 1.807) is 17.5 Å². The number of nitrogens with one attached hydrogen (secondary N) is 1. The van der Waals surface area contributed by atoms with Crippen molar-refractivity contribution in [1.82, 2.24) is 10.3 Å². The molecule has 1 aromatic heterocycles. The SMILES string of the molecule is N#Cc1ccc(N2CCC(NC(=O)c3csc(-c4ccc(F)cc4)n3)CC2)cc1. The van der Waals surface area contributed by atoms with Gasteiger partial charge in [-0.25, -0.2) is 9.37 Å². The smallest absolute Gasteiger partial charge is 0.270 e. The number of carbonyl (C=O) groups excluding carboxylic acids is 1. The molecular formula is C22H19FN4OS. The van der Waals surface area contributed by atoms with Crippen LogP contribution in [0.3, 0.4) is 0 Å². The highest BCUT2D eigenvalue weighted by molar-refractivity contribution is 7.13. The zero-order valence-electron chi connectivity index (χ0n) is 15.6. The van der Waals surface area contributed by atoms with Crippen molar-refractivity contribution < 1.29 is 9.18 Å². The van der Waals surface area contributed by atoms with Crippen molar-refractivity contribution in [2.45, 2.75) is 18.9 Å². The molecule has 0 spiro atoms. The molecule has 29 heavy (non-hydrogen) atoms. The van der Waals surface area contributed by atoms with Crippen molar-refractivity contribution in [1.29, 1.82) is 5.26 Å². The van der Waals surface area contributed by atoms with Gasteiger partial charge in [0.1, 0.15) is 16.5 Å². The largest absolute Gasteiger partial charge is 0.371 e. The van der Waals surface area contributed by atoms with Gasteiger partial charge < -0.3 is 10.2 Å². The van der Waals surface area contributed by atoms with Gasteiger partial charge in [0.05, 0.1) is 11.6 Å². The molecule has 1 amide bonds. The standard InChI is InChI=1S/C22H19FN4OS/c23-17-5-3-16(4-6-17)22-26-20(14-29-22)21(28)25-18-9-11-27(12-10-18)19-7-1-15(13-24)2-8-19/h1-8,14,18H,9-12H2,(H,25,28). The molecule has 0 atom stereocenters. The molecule has 3 aromatic rings. The lowest BCUT2D eigenvalue weighted by molar-refractivity contribution is 0.0927. The van der Waals surface area contributed by atoms with Gasteiger partial charge in [-0.2, -0.15) is 5.26 Å². The number of benzene rings is 2. The van der Waals surface area contributed by atoms with Crippen LogP contribution >= 0.6 is 11.3 Å². The average Bonchev–Trinajstić information content (AvgIpc) is 3.25. The Morgan fingerprint density at radius 2 is 1.83 bits per heavy atom. The second kappa shape index (κ2) is 8.41. The van der Waals surface area contributed by atoms with E-state index < -0.39 is 0 Å². The minimum atomic E-state index is -0.296. The average molecular weight is 406 g/mol. The lowest BCUT2D eigenvalue weighted by Crippen LogP contribution is -2.44. The Morgan fingerprint density at radius 3 is 2.48 bits per heavy atom. The predicted octanol–water partition coefficient (Wildman–Crippen LogP) is 4.22. The lowest BCUT2D eigenvalue weighted by atomic mass is 10.0. The molecular weight excluding hydrogens is 387 g/mol. The van der Waals surface area contributed by atoms with Crippen molar-refractivity contribution in [3.8, 4) is 16.6 Å². The maximum absolute atomic E-state index is 13.1. The summed E-state index contributed by atoms with van der Waals surface area (Å²) in [5.74, 6) is -0.470. The number of hydrogen-bond acceptors (Lipinski definition) is 5. The van der Waals surface area contributed by atoms with Crippen LogP contribution in [0.15, 0.2) is 53.9 Å². The molecule has 5 nitrogen and oxygen atoms in total. The molecule has 146 valence electrons. The van der Waals surface area contributed by atoms with E-state index in [0.717, 1.165) is 37.2 Å². The first-order valence-electron chi connectivity index (χ1n) is 9.40. The Hall–Kier alpha value is -3.24. The molecule has 0 saturated carbocycles. The highest BCUT2D eigenvalue weighted by Gasteiger charge is 2.22. The molecule has 1 N–H and O–H groups in total. The number of carbonyl (C=O) groups is 1. The van der Waals surface area contributed by atoms with Crippen molar-refractivity contribution in [3.05, 3.63) is 71.0 Å². The van der Waals surface area contributed by atoms with Gasteiger partial charge in [0, 0.05) is 35.8 Å². The maximum Gasteiger partial charge on any atom is 0.270 e. The van der Waals surface area contributed by atoms with Crippen LogP contribution in [0.25, 0.3) is 10.6 Å². The molecule has 2 aromatic carbocycles. The fourth-order valence-electron chi connectivity index (χ4n) is 3.39. The Morgan fingerprint density at radius 1 is 1.14 bits per heavy atom. The number of thiazole rings is 1. The third-order valence-corrected chi connectivity index (χ3v) is 5.91. The summed E-state index contributed by atoms with van der Waals surface area (Å²) in [5.41, 5.74) is 2.94. The third kappa shape index (κ3) is 4.44. The second-order valence-corrected chi connectivity index (χ2v) is 7.80. The summed E-state index contributed by atoms with van der Waals surface area (Å²) in [6, 6.07) is 15.9. The molecule has 2 heterocycles. The first-order valence-corrected chi connectivity index (χ1v) is 10.3. The molecule has 1 aliphatic heterocycles. The van der Waals surface area contributed by atoms with E-state index in [-0.39, 0.29) is 17.8 Å². The van der Waals surface area contributed by atoms with Gasteiger partial charge in [0.2, 0.25) is 0 Å². The summed E-state index contributed by atoms with van der Waals surface area (Å²) >= 11 is 1.37. The number of amides is 1. The topological polar surface area (TPSA) is 69.0 Å². The quantitative estimate of drug-likeness (QED) is 0.704. The summed E-state index contributed by atoms with van der Waals surface area (Å²) in [6.07, 6.45) is 1.70. The third-order valence-electron chi connectivity index (χ3n) is 5.02. The number of piperidine rings is 1. The number of hydrogen-bond donors (Lipinski definition) is 1. The first-order chi connectivity index (χ1) is 14.1. The zero-order valence-corrected chi connectivity index (χ0v) is 16.5. The normalized spacial score (nSPS) is 14.4. The highest BCUT2D eigenvalue weighted by atomic mass is 32.1. The van der Waals surface area contributed by atoms with Gasteiger partial charge in [-0.05, 0) is 61.4 Å². The number of anilines is 1. The van der Waals surface area contributed by atoms with E-state index in [9.17, 15) is 9.18 Å². The van der Waals surface area contributed by atoms with E-state index in [1.165, 1.54) is 23.5 Å². The Labute approximate surface area is 172 Å². The number of halogens is 1. The van der Waals surface area contributed by atoms with Gasteiger partial charge in [0.25, 0.3) is 5.91 Å². The van der Waals surface area contributed by atoms with Crippen LogP contribution in [0, 0.1) is 17.1 Å². The molecule has 0 unspecified atom stereocenters. The van der Waals surface area contributed by atoms with E-state index in [2.05, 4.69) is 21.3 Å². The van der Waals surface area contributed by atoms with E-state index in [4.69, 9.17) is 5.26 Å². The molecule has 1 fully saturated rings. The van der Waals surface area contributed by atoms with E-state index in [0.29, 0.717) is 16.3 Å². The minimum Gasteiger partial charge on any atom is -0.371 e. The van der Waals surface area contributed by atoms with Crippen LogP contribution in [-0.4, -0.2) is 30.0 Å². The fourth-order valence-corrected chi connectivity index (χ4v) is 4.20. The van der Waals surface area contributed by atoms with Crippen molar-refractivity contribution in [2.24, 2.45) is 0 Å². The molecule has 0 aliphatic carbocycles. The molecule has 4 rings (SSSR count). The molecule has 0 radical (unpaired) electrons. The van der Waals surface area contributed by atoms with Gasteiger partial charge in [-0.3, -0.25) is 4.79 Å². The summed E-state index contributed by atoms with van der Waals surface area (Å²) < 4.78 is 13.1. The number of rotatable bonds is 4. The molecule has 1 aliphatic rings. The van der Waals surface area contributed by atoms with Gasteiger partial charge in [-0.1, -0.05) is 0 Å². The van der Waals surface area contributed by atoms with Crippen LogP contribution in [-0.2, 0) is 0 Å². The monoisotopic (exact) mass is 406 g/mol. The van der Waals surface area contributed by atoms with Crippen LogP contribution < -0.4 is 10.2 Å². The van der Waals surface area contributed by atoms with Crippen LogP contribution in [0.2, 0.25) is 0 Å². The summed E-state index contributed by atoms with van der Waals surface area (Å²) in [6.45, 7) is 1.68. The predicted molar refractivity (Wildman–Crippen MR) is 111 cm³/mol. The minimum absolute atomic E-state index is 0.105. The van der Waals surface area contributed by atoms with Crippen LogP contribution in [0.5, 0.6) is 0 Å². The highest BCUT2D eigenvalue weighted by Crippen LogP contribution is 2.24. The lowest BCUT2D eigenvalue weighted by Gasteiger charge is -2.33. The number of nitriles is 1. The molecule has 1 saturated heterocycles. The van der Waals surface area contributed by atoms with Gasteiger partial charge in [-0.15, -0.1) is 11.3 Å². The Kier molecular flexibility index (Phi) is 5.54. The van der Waals surface area contributed by atoms with Gasteiger partial charge >= 0.3 is 0 Å². The Balaban J connectivity index is 1.33. The van der Waals surface area contributed by atoms with Crippen molar-refractivity contribution >= 4 is 22.9 Å². The van der Waals surface area contributed by atoms with Gasteiger partial charge in [0.15, 0.2) is 0 Å². The van der Waals surface area contributed by atoms with E-state index in [1.807, 2.05) is 24.3 Å². The van der Waals surface area contributed by atoms with Crippen molar-refractivity contribution in [3.63, 3.8) is 0 Å². The van der Waals surface area contributed by atoms with Crippen molar-refractivity contribution in [2.75, 3.05) is 18.0 Å². The van der Waals surface area contributed by atoms with Crippen LogP contribution in [0.4, 0.5) is 10.1 Å². The van der Waals surface area contributed by atoms with E-state index >= 15 is 0 Å². The van der Waals surface area contributed by atoms with Crippen LogP contribution in [0.1, 0.15) is 28.9 Å². The summed E-state index contributed by atoms with van der Waals surface area (Å²) in [7, 11) is 0. The number of nitrogens with zero attached hydrogens (tertiary/aromatic N) is 3. The summed E-state index contributed by atoms with van der Waals surface area (Å²) in [4.78, 5) is 19.2. The number of aromatic nitrogens is 1. The zero-order chi connectivity index (χ0) is 20.2. The molecule has 7 heteroatoms. The first kappa shape index (κ1) is 19.1. The fraction of sp³-hybridized carbons (Fsp3) is 0.227. The second-order valence-electron chi connectivity index (χ2n) is 6.94.